The number of benzene rings is 1. The summed E-state index contributed by atoms with van der Waals surface area (Å²) in [6.07, 6.45) is 0. The van der Waals surface area contributed by atoms with Crippen LogP contribution in [0.5, 0.6) is 11.5 Å². The molecule has 16 heavy (non-hydrogen) atoms. The van der Waals surface area contributed by atoms with E-state index in [-0.39, 0.29) is 13.2 Å². The summed E-state index contributed by atoms with van der Waals surface area (Å²) in [5.74, 6) is 1.42. The summed E-state index contributed by atoms with van der Waals surface area (Å²) in [5.41, 5.74) is 4.39. The van der Waals surface area contributed by atoms with Gasteiger partial charge in [0.25, 0.3) is 0 Å². The lowest BCUT2D eigenvalue weighted by atomic mass is 10.1. The summed E-state index contributed by atoms with van der Waals surface area (Å²) < 4.78 is 10.8. The molecule has 0 amide bonds. The Morgan fingerprint density at radius 3 is 2.50 bits per heavy atom. The van der Waals surface area contributed by atoms with E-state index < -0.39 is 5.60 Å². The van der Waals surface area contributed by atoms with Gasteiger partial charge in [-0.2, -0.15) is 0 Å². The van der Waals surface area contributed by atoms with Crippen molar-refractivity contribution >= 4 is 0 Å². The summed E-state index contributed by atoms with van der Waals surface area (Å²) in [4.78, 5) is 0. The van der Waals surface area contributed by atoms with Gasteiger partial charge in [0, 0.05) is 12.6 Å². The number of rotatable bonds is 6. The van der Waals surface area contributed by atoms with Gasteiger partial charge in [-0.05, 0) is 26.0 Å². The molecule has 0 radical (unpaired) electrons. The highest BCUT2D eigenvalue weighted by molar-refractivity contribution is 5.32. The number of hydrogen-bond donors (Lipinski definition) is 2. The second-order valence-electron chi connectivity index (χ2n) is 3.90. The molecule has 0 heterocycles. The van der Waals surface area contributed by atoms with E-state index in [1.54, 1.807) is 13.0 Å². The average molecular weight is 225 g/mol. The van der Waals surface area contributed by atoms with Gasteiger partial charge in [0.05, 0.1) is 6.61 Å². The first-order valence-electron chi connectivity index (χ1n) is 5.35. The molecule has 0 spiro atoms. The third-order valence-electron chi connectivity index (χ3n) is 2.11. The Morgan fingerprint density at radius 1 is 1.31 bits per heavy atom. The molecule has 0 bridgehead atoms. The van der Waals surface area contributed by atoms with Crippen LogP contribution in [0.2, 0.25) is 0 Å². The van der Waals surface area contributed by atoms with Gasteiger partial charge in [-0.3, -0.25) is 0 Å². The normalized spacial score (nSPS) is 14.2. The van der Waals surface area contributed by atoms with Gasteiger partial charge in [0.15, 0.2) is 0 Å². The van der Waals surface area contributed by atoms with Gasteiger partial charge in [-0.15, -0.1) is 0 Å². The lowest BCUT2D eigenvalue weighted by molar-refractivity contribution is 0.0195. The highest BCUT2D eigenvalue weighted by Gasteiger charge is 2.18. The molecular formula is C12H19NO3. The average Bonchev–Trinajstić information content (AvgIpc) is 2.28. The molecule has 1 atom stereocenters. The van der Waals surface area contributed by atoms with Crippen LogP contribution in [0.1, 0.15) is 13.8 Å². The molecule has 3 N–H and O–H groups in total. The molecule has 0 fully saturated rings. The summed E-state index contributed by atoms with van der Waals surface area (Å²) in [5, 5.41) is 9.68. The zero-order valence-electron chi connectivity index (χ0n) is 9.77. The Kier molecular flexibility index (Phi) is 4.58. The smallest absolute Gasteiger partial charge is 0.123 e. The first kappa shape index (κ1) is 12.8. The number of ether oxygens (including phenoxy) is 2. The Bertz CT molecular complexity index is 326. The Morgan fingerprint density at radius 2 is 1.94 bits per heavy atom. The monoisotopic (exact) mass is 225 g/mol. The van der Waals surface area contributed by atoms with Gasteiger partial charge in [-0.25, -0.2) is 0 Å². The molecule has 4 heteroatoms. The van der Waals surface area contributed by atoms with Crippen LogP contribution in [-0.4, -0.2) is 30.5 Å². The summed E-state index contributed by atoms with van der Waals surface area (Å²) in [6.45, 7) is 4.51. The Hall–Kier alpha value is -1.26. The summed E-state index contributed by atoms with van der Waals surface area (Å²) in [6, 6.07) is 7.31. The van der Waals surface area contributed by atoms with Crippen molar-refractivity contribution in [2.75, 3.05) is 19.8 Å². The van der Waals surface area contributed by atoms with E-state index in [9.17, 15) is 5.11 Å². The molecule has 1 rings (SSSR count). The zero-order valence-corrected chi connectivity index (χ0v) is 9.77. The van der Waals surface area contributed by atoms with Crippen LogP contribution in [0.3, 0.4) is 0 Å². The standard InChI is InChI=1S/C12H19NO3/c1-3-15-10-5-4-6-11(7-10)16-9-12(2,14)8-13/h4-7,14H,3,8-9,13H2,1-2H3. The number of aliphatic hydroxyl groups is 1. The molecule has 1 unspecified atom stereocenters. The highest BCUT2D eigenvalue weighted by Crippen LogP contribution is 2.20. The van der Waals surface area contributed by atoms with Crippen LogP contribution < -0.4 is 15.2 Å². The second kappa shape index (κ2) is 5.72. The van der Waals surface area contributed by atoms with Crippen molar-refractivity contribution in [3.05, 3.63) is 24.3 Å². The molecular weight excluding hydrogens is 206 g/mol. The molecule has 4 nitrogen and oxygen atoms in total. The van der Waals surface area contributed by atoms with Crippen molar-refractivity contribution in [1.29, 1.82) is 0 Å². The molecule has 1 aromatic rings. The molecule has 1 aromatic carbocycles. The molecule has 0 aromatic heterocycles. The second-order valence-corrected chi connectivity index (χ2v) is 3.90. The van der Waals surface area contributed by atoms with E-state index >= 15 is 0 Å². The molecule has 0 aliphatic carbocycles. The molecule has 0 aliphatic heterocycles. The van der Waals surface area contributed by atoms with E-state index in [0.29, 0.717) is 12.4 Å². The fraction of sp³-hybridized carbons (Fsp3) is 0.500. The third-order valence-corrected chi connectivity index (χ3v) is 2.11. The fourth-order valence-corrected chi connectivity index (χ4v) is 1.12. The van der Waals surface area contributed by atoms with Crippen molar-refractivity contribution < 1.29 is 14.6 Å². The predicted octanol–water partition coefficient (Wildman–Crippen LogP) is 1.17. The number of hydrogen-bond acceptors (Lipinski definition) is 4. The maximum Gasteiger partial charge on any atom is 0.123 e. The lowest BCUT2D eigenvalue weighted by Gasteiger charge is -2.21. The maximum absolute atomic E-state index is 9.68. The SMILES string of the molecule is CCOc1cccc(OCC(C)(O)CN)c1. The molecule has 90 valence electrons. The minimum atomic E-state index is -0.998. The first-order chi connectivity index (χ1) is 7.57. The van der Waals surface area contributed by atoms with Crippen molar-refractivity contribution in [2.45, 2.75) is 19.4 Å². The minimum Gasteiger partial charge on any atom is -0.494 e. The molecule has 0 saturated carbocycles. The quantitative estimate of drug-likeness (QED) is 0.763. The van der Waals surface area contributed by atoms with Crippen LogP contribution >= 0.6 is 0 Å². The van der Waals surface area contributed by atoms with Crippen molar-refractivity contribution in [3.8, 4) is 11.5 Å². The van der Waals surface area contributed by atoms with Gasteiger partial charge in [-0.1, -0.05) is 6.07 Å². The largest absolute Gasteiger partial charge is 0.494 e. The third kappa shape index (κ3) is 4.08. The van der Waals surface area contributed by atoms with Gasteiger partial charge in [0.1, 0.15) is 23.7 Å². The van der Waals surface area contributed by atoms with Gasteiger partial charge < -0.3 is 20.3 Å². The van der Waals surface area contributed by atoms with E-state index in [2.05, 4.69) is 0 Å². The van der Waals surface area contributed by atoms with Crippen LogP contribution in [0, 0.1) is 0 Å². The Labute approximate surface area is 96.0 Å². The van der Waals surface area contributed by atoms with E-state index in [1.807, 2.05) is 25.1 Å². The zero-order chi connectivity index (χ0) is 12.0. The first-order valence-corrected chi connectivity index (χ1v) is 5.35. The van der Waals surface area contributed by atoms with Gasteiger partial charge in [0.2, 0.25) is 0 Å². The fourth-order valence-electron chi connectivity index (χ4n) is 1.12. The van der Waals surface area contributed by atoms with Crippen LogP contribution in [0.4, 0.5) is 0 Å². The van der Waals surface area contributed by atoms with Gasteiger partial charge >= 0.3 is 0 Å². The van der Waals surface area contributed by atoms with Crippen LogP contribution in [0.25, 0.3) is 0 Å². The number of nitrogens with two attached hydrogens (primary N) is 1. The van der Waals surface area contributed by atoms with Crippen molar-refractivity contribution in [2.24, 2.45) is 5.73 Å². The van der Waals surface area contributed by atoms with Crippen LogP contribution in [-0.2, 0) is 0 Å². The Balaban J connectivity index is 2.57. The summed E-state index contributed by atoms with van der Waals surface area (Å²) in [7, 11) is 0. The minimum absolute atomic E-state index is 0.165. The van der Waals surface area contributed by atoms with Crippen molar-refractivity contribution in [1.82, 2.24) is 0 Å². The van der Waals surface area contributed by atoms with E-state index in [0.717, 1.165) is 5.75 Å². The summed E-state index contributed by atoms with van der Waals surface area (Å²) >= 11 is 0. The van der Waals surface area contributed by atoms with Crippen molar-refractivity contribution in [3.63, 3.8) is 0 Å². The van der Waals surface area contributed by atoms with E-state index in [1.165, 1.54) is 0 Å². The molecule has 0 saturated heterocycles. The lowest BCUT2D eigenvalue weighted by Crippen LogP contribution is -2.40. The molecule has 0 aliphatic rings. The van der Waals surface area contributed by atoms with Crippen LogP contribution in [0.15, 0.2) is 24.3 Å². The van der Waals surface area contributed by atoms with E-state index in [4.69, 9.17) is 15.2 Å². The maximum atomic E-state index is 9.68. The highest BCUT2D eigenvalue weighted by atomic mass is 16.5. The predicted molar refractivity (Wildman–Crippen MR) is 62.8 cm³/mol. The topological polar surface area (TPSA) is 64.7 Å².